The summed E-state index contributed by atoms with van der Waals surface area (Å²) >= 11 is 0. The topological polar surface area (TPSA) is 49.5 Å². The summed E-state index contributed by atoms with van der Waals surface area (Å²) in [5, 5.41) is 9.77. The maximum absolute atomic E-state index is 9.77. The third kappa shape index (κ3) is 2.96. The molecule has 3 N–H and O–H groups in total. The smallest absolute Gasteiger partial charge is 0.0667 e. The van der Waals surface area contributed by atoms with E-state index in [0.29, 0.717) is 12.0 Å². The van der Waals surface area contributed by atoms with E-state index in [-0.39, 0.29) is 6.10 Å². The molecule has 1 saturated carbocycles. The minimum Gasteiger partial charge on any atom is -0.392 e. The van der Waals surface area contributed by atoms with E-state index in [1.54, 1.807) is 0 Å². The Labute approximate surface area is 99.0 Å². The van der Waals surface area contributed by atoms with E-state index in [4.69, 9.17) is 5.73 Å². The zero-order valence-electron chi connectivity index (χ0n) is 10.3. The van der Waals surface area contributed by atoms with E-state index >= 15 is 0 Å². The largest absolute Gasteiger partial charge is 0.392 e. The Balaban J connectivity index is 1.97. The average Bonchev–Trinajstić information content (AvgIpc) is 2.53. The van der Waals surface area contributed by atoms with Crippen molar-refractivity contribution in [1.29, 1.82) is 0 Å². The Kier molecular flexibility index (Phi) is 4.62. The number of β-amino-alcohol motifs (C(OH)–C–C–N with tert-alkyl or cyclic N) is 1. The van der Waals surface area contributed by atoms with Gasteiger partial charge in [0.2, 0.25) is 0 Å². The highest BCUT2D eigenvalue weighted by Gasteiger charge is 2.30. The molecule has 1 saturated heterocycles. The molecule has 0 amide bonds. The van der Waals surface area contributed by atoms with Crippen molar-refractivity contribution >= 4 is 0 Å². The van der Waals surface area contributed by atoms with Crippen molar-refractivity contribution in [1.82, 2.24) is 4.90 Å². The van der Waals surface area contributed by atoms with Gasteiger partial charge in [0.15, 0.2) is 0 Å². The average molecular weight is 226 g/mol. The van der Waals surface area contributed by atoms with Crippen LogP contribution < -0.4 is 5.73 Å². The van der Waals surface area contributed by atoms with Crippen LogP contribution in [-0.2, 0) is 0 Å². The molecule has 0 radical (unpaired) electrons. The fourth-order valence-electron chi connectivity index (χ4n) is 3.41. The molecule has 16 heavy (non-hydrogen) atoms. The minimum atomic E-state index is -0.101. The summed E-state index contributed by atoms with van der Waals surface area (Å²) < 4.78 is 0. The molecule has 0 aromatic carbocycles. The molecule has 1 aliphatic carbocycles. The Morgan fingerprint density at radius 1 is 1.06 bits per heavy atom. The van der Waals surface area contributed by atoms with Crippen LogP contribution in [0.3, 0.4) is 0 Å². The third-order valence-electron chi connectivity index (χ3n) is 4.32. The van der Waals surface area contributed by atoms with Crippen LogP contribution in [0.25, 0.3) is 0 Å². The van der Waals surface area contributed by atoms with Gasteiger partial charge < -0.3 is 10.8 Å². The second-order valence-corrected chi connectivity index (χ2v) is 5.49. The molecule has 94 valence electrons. The lowest BCUT2D eigenvalue weighted by molar-refractivity contribution is 0.0279. The number of likely N-dealkylation sites (tertiary alicyclic amines) is 1. The highest BCUT2D eigenvalue weighted by Crippen LogP contribution is 2.28. The predicted molar refractivity (Wildman–Crippen MR) is 66.2 cm³/mol. The van der Waals surface area contributed by atoms with Crippen LogP contribution in [0.2, 0.25) is 0 Å². The Bertz CT molecular complexity index is 210. The van der Waals surface area contributed by atoms with Crippen molar-refractivity contribution in [2.45, 2.75) is 57.1 Å². The summed E-state index contributed by atoms with van der Waals surface area (Å²) in [7, 11) is 0. The van der Waals surface area contributed by atoms with Crippen molar-refractivity contribution in [2.24, 2.45) is 11.7 Å². The van der Waals surface area contributed by atoms with Crippen molar-refractivity contribution in [2.75, 3.05) is 19.6 Å². The van der Waals surface area contributed by atoms with Gasteiger partial charge in [0.05, 0.1) is 6.10 Å². The number of piperidine rings is 1. The van der Waals surface area contributed by atoms with Crippen molar-refractivity contribution in [3.05, 3.63) is 0 Å². The van der Waals surface area contributed by atoms with Crippen molar-refractivity contribution in [3.63, 3.8) is 0 Å². The van der Waals surface area contributed by atoms with Crippen LogP contribution in [0.4, 0.5) is 0 Å². The highest BCUT2D eigenvalue weighted by atomic mass is 16.3. The molecule has 0 bridgehead atoms. The number of hydrogen-bond donors (Lipinski definition) is 2. The van der Waals surface area contributed by atoms with Gasteiger partial charge in [-0.25, -0.2) is 0 Å². The van der Waals surface area contributed by atoms with E-state index in [1.165, 1.54) is 32.1 Å². The zero-order valence-corrected chi connectivity index (χ0v) is 10.3. The molecular formula is C13H26N2O. The zero-order chi connectivity index (χ0) is 11.4. The molecule has 3 nitrogen and oxygen atoms in total. The summed E-state index contributed by atoms with van der Waals surface area (Å²) in [6, 6.07) is 0.641. The van der Waals surface area contributed by atoms with Gasteiger partial charge in [0, 0.05) is 12.6 Å². The summed E-state index contributed by atoms with van der Waals surface area (Å²) in [6.07, 6.45) is 8.65. The Morgan fingerprint density at radius 2 is 1.88 bits per heavy atom. The molecule has 2 rings (SSSR count). The van der Waals surface area contributed by atoms with Gasteiger partial charge in [-0.2, -0.15) is 0 Å². The van der Waals surface area contributed by atoms with E-state index in [9.17, 15) is 5.11 Å². The van der Waals surface area contributed by atoms with Crippen molar-refractivity contribution < 1.29 is 5.11 Å². The maximum Gasteiger partial charge on any atom is 0.0667 e. The first-order chi connectivity index (χ1) is 7.81. The number of nitrogens with two attached hydrogens (primary N) is 1. The van der Waals surface area contributed by atoms with Gasteiger partial charge in [0.1, 0.15) is 0 Å². The molecule has 2 aliphatic rings. The number of rotatable bonds is 2. The number of nitrogens with zero attached hydrogens (tertiary/aromatic N) is 1. The van der Waals surface area contributed by atoms with Crippen molar-refractivity contribution in [3.8, 4) is 0 Å². The van der Waals surface area contributed by atoms with Gasteiger partial charge in [0.25, 0.3) is 0 Å². The first-order valence-electron chi connectivity index (χ1n) is 6.93. The van der Waals surface area contributed by atoms with E-state index in [0.717, 1.165) is 32.5 Å². The lowest BCUT2D eigenvalue weighted by Gasteiger charge is -2.39. The first-order valence-corrected chi connectivity index (χ1v) is 6.93. The molecule has 2 fully saturated rings. The highest BCUT2D eigenvalue weighted by molar-refractivity contribution is 4.85. The van der Waals surface area contributed by atoms with E-state index < -0.39 is 0 Å². The Hall–Kier alpha value is -0.120. The van der Waals surface area contributed by atoms with Crippen LogP contribution in [0.15, 0.2) is 0 Å². The van der Waals surface area contributed by atoms with Gasteiger partial charge >= 0.3 is 0 Å². The summed E-state index contributed by atoms with van der Waals surface area (Å²) in [6.45, 7) is 2.86. The third-order valence-corrected chi connectivity index (χ3v) is 4.32. The number of aliphatic hydroxyl groups excluding tert-OH is 1. The molecule has 3 unspecified atom stereocenters. The molecule has 1 aliphatic heterocycles. The lowest BCUT2D eigenvalue weighted by Crippen LogP contribution is -2.49. The lowest BCUT2D eigenvalue weighted by atomic mass is 9.91. The monoisotopic (exact) mass is 226 g/mol. The van der Waals surface area contributed by atoms with E-state index in [2.05, 4.69) is 4.90 Å². The predicted octanol–water partition coefficient (Wildman–Crippen LogP) is 1.35. The van der Waals surface area contributed by atoms with E-state index in [1.807, 2.05) is 0 Å². The second kappa shape index (κ2) is 5.99. The molecular weight excluding hydrogens is 200 g/mol. The van der Waals surface area contributed by atoms with Gasteiger partial charge in [-0.3, -0.25) is 4.90 Å². The number of aliphatic hydroxyl groups is 1. The molecule has 1 heterocycles. The quantitative estimate of drug-likeness (QED) is 0.699. The summed E-state index contributed by atoms with van der Waals surface area (Å²) in [5.41, 5.74) is 5.92. The SMILES string of the molecule is NCC1CCCCCC1N1CCCC(O)C1. The second-order valence-electron chi connectivity index (χ2n) is 5.49. The van der Waals surface area contributed by atoms with Gasteiger partial charge in [-0.05, 0) is 44.7 Å². The first kappa shape index (κ1) is 12.3. The maximum atomic E-state index is 9.77. The van der Waals surface area contributed by atoms with Crippen LogP contribution in [0.5, 0.6) is 0 Å². The van der Waals surface area contributed by atoms with Gasteiger partial charge in [-0.15, -0.1) is 0 Å². The fraction of sp³-hybridized carbons (Fsp3) is 1.00. The Morgan fingerprint density at radius 3 is 2.62 bits per heavy atom. The summed E-state index contributed by atoms with van der Waals surface area (Å²) in [4.78, 5) is 2.51. The molecule has 0 aromatic heterocycles. The van der Waals surface area contributed by atoms with Crippen LogP contribution >= 0.6 is 0 Å². The molecule has 3 heteroatoms. The van der Waals surface area contributed by atoms with Crippen LogP contribution in [0.1, 0.15) is 44.9 Å². The minimum absolute atomic E-state index is 0.101. The molecule has 0 spiro atoms. The standard InChI is InChI=1S/C13H26N2O/c14-9-11-5-2-1-3-7-13(11)15-8-4-6-12(16)10-15/h11-13,16H,1-10,14H2. The van der Waals surface area contributed by atoms with Crippen LogP contribution in [0, 0.1) is 5.92 Å². The normalized spacial score (nSPS) is 38.2. The number of hydrogen-bond acceptors (Lipinski definition) is 3. The van der Waals surface area contributed by atoms with Crippen LogP contribution in [-0.4, -0.2) is 41.8 Å². The fourth-order valence-corrected chi connectivity index (χ4v) is 3.41. The molecule has 0 aromatic rings. The molecule has 3 atom stereocenters. The summed E-state index contributed by atoms with van der Waals surface area (Å²) in [5.74, 6) is 0.660. The van der Waals surface area contributed by atoms with Gasteiger partial charge in [-0.1, -0.05) is 19.3 Å².